The maximum atomic E-state index is 14.5. The van der Waals surface area contributed by atoms with E-state index in [1.165, 1.54) is 0 Å². The Morgan fingerprint density at radius 3 is 2.42 bits per heavy atom. The van der Waals surface area contributed by atoms with E-state index in [4.69, 9.17) is 39.5 Å². The summed E-state index contributed by atoms with van der Waals surface area (Å²) in [5, 5.41) is 5.20. The van der Waals surface area contributed by atoms with Crippen LogP contribution in [0.5, 0.6) is 5.75 Å². The smallest absolute Gasteiger partial charge is 0.252 e. The average Bonchev–Trinajstić information content (AvgIpc) is 3.84. The highest BCUT2D eigenvalue weighted by atomic mass is 35.5. The van der Waals surface area contributed by atoms with Crippen molar-refractivity contribution >= 4 is 52.2 Å². The minimum Gasteiger partial charge on any atom is -0.492 e. The maximum Gasteiger partial charge on any atom is 0.252 e. The Labute approximate surface area is 267 Å². The second-order valence-corrected chi connectivity index (χ2v) is 12.7. The molecular weight excluding hydrogens is 605 g/mol. The summed E-state index contributed by atoms with van der Waals surface area (Å²) in [5.41, 5.74) is 4.90. The lowest BCUT2D eigenvalue weighted by Crippen LogP contribution is -2.61. The lowest BCUT2D eigenvalue weighted by Gasteiger charge is -2.44. The molecule has 9 heteroatoms. The first-order chi connectivity index (χ1) is 20.8. The lowest BCUT2D eigenvalue weighted by atomic mass is 9.82. The van der Waals surface area contributed by atoms with Gasteiger partial charge in [-0.25, -0.2) is 0 Å². The molecule has 2 heterocycles. The highest BCUT2D eigenvalue weighted by Gasteiger charge is 2.43. The molecule has 1 N–H and O–H groups in total. The molecule has 1 saturated carbocycles. The van der Waals surface area contributed by atoms with Crippen molar-refractivity contribution in [2.75, 3.05) is 19.7 Å². The summed E-state index contributed by atoms with van der Waals surface area (Å²) in [5.74, 6) is 0.624. The summed E-state index contributed by atoms with van der Waals surface area (Å²) in [4.78, 5) is 30.7. The third kappa shape index (κ3) is 6.73. The Balaban J connectivity index is 1.27. The predicted molar refractivity (Wildman–Crippen MR) is 172 cm³/mol. The van der Waals surface area contributed by atoms with E-state index in [2.05, 4.69) is 29.6 Å². The molecule has 1 saturated heterocycles. The number of carbonyl (C=O) groups excluding carboxylic acids is 2. The number of benzene rings is 3. The van der Waals surface area contributed by atoms with E-state index >= 15 is 0 Å². The Morgan fingerprint density at radius 2 is 1.70 bits per heavy atom. The van der Waals surface area contributed by atoms with Gasteiger partial charge < -0.3 is 19.9 Å². The van der Waals surface area contributed by atoms with Crippen molar-refractivity contribution in [3.8, 4) is 5.75 Å². The van der Waals surface area contributed by atoms with Gasteiger partial charge in [0.2, 0.25) is 5.91 Å². The molecule has 0 spiro atoms. The van der Waals surface area contributed by atoms with E-state index in [1.807, 2.05) is 40.1 Å². The molecule has 2 amide bonds. The van der Waals surface area contributed by atoms with Gasteiger partial charge in [0.25, 0.3) is 5.91 Å². The standard InChI is InChI=1S/C34H34Cl3N3O3/c1-21(41)39-19-25-17-27(23-11-9-22(10-12-23)15-16-43-31-8-4-7-29(36)33(31)37)32(30(20-39)38-25)34(42)40(26-13-14-26)18-24-5-2-3-6-28(24)35/h2-12,25-26,30,38H,13-20H2,1H3/t25-,30-/m1/s1. The molecule has 2 aliphatic heterocycles. The monoisotopic (exact) mass is 637 g/mol. The van der Waals surface area contributed by atoms with Crippen molar-refractivity contribution in [1.82, 2.24) is 15.1 Å². The van der Waals surface area contributed by atoms with Crippen LogP contribution in [0.25, 0.3) is 5.57 Å². The average molecular weight is 639 g/mol. The second-order valence-electron chi connectivity index (χ2n) is 11.5. The van der Waals surface area contributed by atoms with E-state index in [0.717, 1.165) is 40.7 Å². The van der Waals surface area contributed by atoms with Crippen LogP contribution in [0.2, 0.25) is 15.1 Å². The quantitative estimate of drug-likeness (QED) is 0.280. The number of hydrogen-bond donors (Lipinski definition) is 1. The van der Waals surface area contributed by atoms with Crippen LogP contribution >= 0.6 is 34.8 Å². The fourth-order valence-corrected chi connectivity index (χ4v) is 6.63. The van der Waals surface area contributed by atoms with Gasteiger partial charge in [0.15, 0.2) is 0 Å². The van der Waals surface area contributed by atoms with Gasteiger partial charge in [-0.1, -0.05) is 83.3 Å². The largest absolute Gasteiger partial charge is 0.492 e. The number of piperazine rings is 1. The van der Waals surface area contributed by atoms with Crippen LogP contribution in [-0.4, -0.2) is 59.4 Å². The third-order valence-corrected chi connectivity index (χ3v) is 9.66. The van der Waals surface area contributed by atoms with Gasteiger partial charge in [-0.15, -0.1) is 0 Å². The van der Waals surface area contributed by atoms with Crippen LogP contribution < -0.4 is 10.1 Å². The summed E-state index contributed by atoms with van der Waals surface area (Å²) >= 11 is 18.9. The van der Waals surface area contributed by atoms with Crippen LogP contribution in [0.15, 0.2) is 72.3 Å². The summed E-state index contributed by atoms with van der Waals surface area (Å²) < 4.78 is 5.88. The number of ether oxygens (including phenoxy) is 1. The zero-order valence-corrected chi connectivity index (χ0v) is 26.3. The minimum atomic E-state index is -0.234. The van der Waals surface area contributed by atoms with Crippen molar-refractivity contribution in [3.05, 3.63) is 104 Å². The summed E-state index contributed by atoms with van der Waals surface area (Å²) in [7, 11) is 0. The number of fused-ring (bicyclic) bond motifs is 2. The normalized spacial score (nSPS) is 19.8. The summed E-state index contributed by atoms with van der Waals surface area (Å²) in [6, 6.07) is 21.5. The van der Waals surface area contributed by atoms with Crippen molar-refractivity contribution in [2.45, 2.75) is 57.3 Å². The zero-order chi connectivity index (χ0) is 30.1. The summed E-state index contributed by atoms with van der Waals surface area (Å²) in [6.45, 7) is 3.62. The van der Waals surface area contributed by atoms with Gasteiger partial charge in [0, 0.05) is 55.7 Å². The molecule has 224 valence electrons. The lowest BCUT2D eigenvalue weighted by molar-refractivity contribution is -0.132. The second kappa shape index (κ2) is 12.9. The molecule has 6 rings (SSSR count). The number of nitrogens with one attached hydrogen (secondary N) is 1. The Morgan fingerprint density at radius 1 is 0.953 bits per heavy atom. The molecule has 0 radical (unpaired) electrons. The number of halogens is 3. The molecule has 3 aromatic carbocycles. The van der Waals surface area contributed by atoms with Gasteiger partial charge in [-0.3, -0.25) is 9.59 Å². The number of rotatable bonds is 9. The van der Waals surface area contributed by atoms with E-state index in [0.29, 0.717) is 59.9 Å². The number of nitrogens with zero attached hydrogens (tertiary/aromatic N) is 2. The Kier molecular flexibility index (Phi) is 9.01. The van der Waals surface area contributed by atoms with E-state index < -0.39 is 0 Å². The van der Waals surface area contributed by atoms with Gasteiger partial charge in [-0.05, 0) is 59.7 Å². The molecule has 2 atom stereocenters. The van der Waals surface area contributed by atoms with Crippen LogP contribution in [0, 0.1) is 0 Å². The molecule has 43 heavy (non-hydrogen) atoms. The van der Waals surface area contributed by atoms with Crippen molar-refractivity contribution in [1.29, 1.82) is 0 Å². The number of carbonyl (C=O) groups is 2. The van der Waals surface area contributed by atoms with Crippen LogP contribution in [0.1, 0.15) is 42.9 Å². The zero-order valence-electron chi connectivity index (χ0n) is 24.0. The van der Waals surface area contributed by atoms with Gasteiger partial charge in [0.05, 0.1) is 17.7 Å². The number of hydrogen-bond acceptors (Lipinski definition) is 4. The molecule has 6 nitrogen and oxygen atoms in total. The summed E-state index contributed by atoms with van der Waals surface area (Å²) in [6.07, 6.45) is 3.33. The van der Waals surface area contributed by atoms with Gasteiger partial charge in [-0.2, -0.15) is 0 Å². The van der Waals surface area contributed by atoms with Crippen molar-refractivity contribution in [2.24, 2.45) is 0 Å². The van der Waals surface area contributed by atoms with E-state index in [1.54, 1.807) is 19.1 Å². The predicted octanol–water partition coefficient (Wildman–Crippen LogP) is 6.81. The molecule has 2 fully saturated rings. The topological polar surface area (TPSA) is 61.9 Å². The van der Waals surface area contributed by atoms with E-state index in [9.17, 15) is 9.59 Å². The fourth-order valence-electron chi connectivity index (χ4n) is 6.09. The first-order valence-electron chi connectivity index (χ1n) is 14.7. The highest BCUT2D eigenvalue weighted by Crippen LogP contribution is 2.38. The maximum absolute atomic E-state index is 14.5. The van der Waals surface area contributed by atoms with Gasteiger partial charge in [0.1, 0.15) is 10.8 Å². The van der Waals surface area contributed by atoms with Gasteiger partial charge >= 0.3 is 0 Å². The van der Waals surface area contributed by atoms with E-state index in [-0.39, 0.29) is 29.9 Å². The molecule has 3 aromatic rings. The first kappa shape index (κ1) is 30.0. The highest BCUT2D eigenvalue weighted by molar-refractivity contribution is 6.42. The van der Waals surface area contributed by atoms with Crippen LogP contribution in [0.3, 0.4) is 0 Å². The SMILES string of the molecule is CC(=O)N1C[C@H]2CC(c3ccc(CCOc4cccc(Cl)c4Cl)cc3)=C(C(=O)N(Cc3ccccc3Cl)C3CC3)[C@@H](C1)N2. The minimum absolute atomic E-state index is 0.0228. The Hall–Kier alpha value is -3.03. The molecule has 1 aliphatic carbocycles. The molecule has 3 aliphatic rings. The molecule has 0 aromatic heterocycles. The van der Waals surface area contributed by atoms with Crippen molar-refractivity contribution < 1.29 is 14.3 Å². The van der Waals surface area contributed by atoms with Crippen LogP contribution in [0.4, 0.5) is 0 Å². The van der Waals surface area contributed by atoms with Crippen LogP contribution in [-0.2, 0) is 22.6 Å². The molecular formula is C34H34Cl3N3O3. The van der Waals surface area contributed by atoms with Crippen molar-refractivity contribution in [3.63, 3.8) is 0 Å². The Bertz CT molecular complexity index is 1550. The third-order valence-electron chi connectivity index (χ3n) is 8.49. The fraction of sp³-hybridized carbons (Fsp3) is 0.353. The molecule has 2 bridgehead atoms. The molecule has 0 unspecified atom stereocenters. The first-order valence-corrected chi connectivity index (χ1v) is 15.9. The number of amides is 2.